The van der Waals surface area contributed by atoms with Crippen LogP contribution >= 0.6 is 11.3 Å². The van der Waals surface area contributed by atoms with Crippen molar-refractivity contribution in [1.29, 1.82) is 0 Å². The molecule has 1 aromatic heterocycles. The standard InChI is InChI=1S/C15H19NO2S/c1-18-14-5-2-4-13(10-14)11-16(7-8-17)12-15-6-3-9-19-15/h2-6,9-10,17H,7-8,11-12H2,1H3. The molecule has 102 valence electrons. The maximum atomic E-state index is 9.18. The van der Waals surface area contributed by atoms with E-state index in [1.54, 1.807) is 18.4 Å². The van der Waals surface area contributed by atoms with Crippen LogP contribution < -0.4 is 4.74 Å². The maximum absolute atomic E-state index is 9.18. The van der Waals surface area contributed by atoms with Gasteiger partial charge in [-0.25, -0.2) is 0 Å². The van der Waals surface area contributed by atoms with Crippen molar-refractivity contribution in [3.8, 4) is 5.75 Å². The van der Waals surface area contributed by atoms with E-state index in [4.69, 9.17) is 4.74 Å². The summed E-state index contributed by atoms with van der Waals surface area (Å²) in [7, 11) is 1.68. The lowest BCUT2D eigenvalue weighted by atomic mass is 10.2. The van der Waals surface area contributed by atoms with Gasteiger partial charge in [-0.15, -0.1) is 11.3 Å². The molecule has 3 nitrogen and oxygen atoms in total. The van der Waals surface area contributed by atoms with E-state index in [1.807, 2.05) is 18.2 Å². The largest absolute Gasteiger partial charge is 0.497 e. The zero-order chi connectivity index (χ0) is 13.5. The van der Waals surface area contributed by atoms with Crippen LogP contribution in [0.15, 0.2) is 41.8 Å². The number of hydrogen-bond donors (Lipinski definition) is 1. The Balaban J connectivity index is 2.02. The van der Waals surface area contributed by atoms with Gasteiger partial charge in [-0.1, -0.05) is 18.2 Å². The molecule has 0 saturated carbocycles. The SMILES string of the molecule is COc1cccc(CN(CCO)Cc2cccs2)c1. The molecule has 0 bridgehead atoms. The molecule has 1 aromatic carbocycles. The minimum absolute atomic E-state index is 0.176. The van der Waals surface area contributed by atoms with Crippen LogP contribution in [0, 0.1) is 0 Å². The smallest absolute Gasteiger partial charge is 0.119 e. The van der Waals surface area contributed by atoms with E-state index < -0.39 is 0 Å². The quantitative estimate of drug-likeness (QED) is 0.844. The van der Waals surface area contributed by atoms with Gasteiger partial charge >= 0.3 is 0 Å². The summed E-state index contributed by atoms with van der Waals surface area (Å²) in [6.07, 6.45) is 0. The molecule has 4 heteroatoms. The van der Waals surface area contributed by atoms with E-state index in [0.717, 1.165) is 18.8 Å². The fourth-order valence-electron chi connectivity index (χ4n) is 2.01. The minimum atomic E-state index is 0.176. The number of hydrogen-bond acceptors (Lipinski definition) is 4. The average molecular weight is 277 g/mol. The normalized spacial score (nSPS) is 10.9. The highest BCUT2D eigenvalue weighted by atomic mass is 32.1. The number of aliphatic hydroxyl groups excluding tert-OH is 1. The van der Waals surface area contributed by atoms with Crippen LogP contribution in [0.2, 0.25) is 0 Å². The van der Waals surface area contributed by atoms with Crippen molar-refractivity contribution in [2.75, 3.05) is 20.3 Å². The molecule has 2 rings (SSSR count). The first-order valence-electron chi connectivity index (χ1n) is 6.30. The molecule has 1 N–H and O–H groups in total. The highest BCUT2D eigenvalue weighted by Gasteiger charge is 2.08. The number of thiophene rings is 1. The molecule has 0 fully saturated rings. The minimum Gasteiger partial charge on any atom is -0.497 e. The number of benzene rings is 1. The lowest BCUT2D eigenvalue weighted by molar-refractivity contribution is 0.185. The monoisotopic (exact) mass is 277 g/mol. The van der Waals surface area contributed by atoms with Crippen molar-refractivity contribution in [2.24, 2.45) is 0 Å². The van der Waals surface area contributed by atoms with Crippen LogP contribution in [0.4, 0.5) is 0 Å². The highest BCUT2D eigenvalue weighted by molar-refractivity contribution is 7.09. The molecule has 0 aliphatic carbocycles. The molecule has 0 aliphatic heterocycles. The summed E-state index contributed by atoms with van der Waals surface area (Å²) < 4.78 is 5.24. The van der Waals surface area contributed by atoms with Gasteiger partial charge in [0.05, 0.1) is 13.7 Å². The number of rotatable bonds is 7. The Labute approximate surface area is 118 Å². The third kappa shape index (κ3) is 4.35. The van der Waals surface area contributed by atoms with Gasteiger partial charge in [-0.05, 0) is 29.1 Å². The van der Waals surface area contributed by atoms with Crippen molar-refractivity contribution in [3.63, 3.8) is 0 Å². The Morgan fingerprint density at radius 2 is 2.11 bits per heavy atom. The third-order valence-electron chi connectivity index (χ3n) is 2.92. The molecule has 0 amide bonds. The first kappa shape index (κ1) is 14.1. The van der Waals surface area contributed by atoms with Crippen molar-refractivity contribution < 1.29 is 9.84 Å². The van der Waals surface area contributed by atoms with E-state index in [0.29, 0.717) is 6.54 Å². The predicted molar refractivity (Wildman–Crippen MR) is 78.5 cm³/mol. The van der Waals surface area contributed by atoms with Crippen LogP contribution in [0.25, 0.3) is 0 Å². The van der Waals surface area contributed by atoms with Gasteiger partial charge in [0.25, 0.3) is 0 Å². The molecule has 0 radical (unpaired) electrons. The van der Waals surface area contributed by atoms with E-state index >= 15 is 0 Å². The first-order chi connectivity index (χ1) is 9.31. The van der Waals surface area contributed by atoms with Crippen molar-refractivity contribution in [2.45, 2.75) is 13.1 Å². The summed E-state index contributed by atoms with van der Waals surface area (Å²) in [5.41, 5.74) is 1.20. The van der Waals surface area contributed by atoms with Crippen molar-refractivity contribution >= 4 is 11.3 Å². The predicted octanol–water partition coefficient (Wildman–Crippen LogP) is 2.75. The molecule has 0 unspecified atom stereocenters. The molecule has 1 heterocycles. The molecule has 0 spiro atoms. The second kappa shape index (κ2) is 7.28. The van der Waals surface area contributed by atoms with E-state index in [9.17, 15) is 5.11 Å². The summed E-state index contributed by atoms with van der Waals surface area (Å²) >= 11 is 1.75. The summed E-state index contributed by atoms with van der Waals surface area (Å²) in [5.74, 6) is 0.873. The van der Waals surface area contributed by atoms with E-state index in [2.05, 4.69) is 28.5 Å². The number of methoxy groups -OCH3 is 1. The van der Waals surface area contributed by atoms with Gasteiger partial charge in [0.1, 0.15) is 5.75 Å². The molecule has 0 saturated heterocycles. The van der Waals surface area contributed by atoms with Crippen LogP contribution in [0.3, 0.4) is 0 Å². The summed E-state index contributed by atoms with van der Waals surface area (Å²) in [4.78, 5) is 3.55. The Morgan fingerprint density at radius 1 is 1.21 bits per heavy atom. The molecule has 2 aromatic rings. The Kier molecular flexibility index (Phi) is 5.39. The average Bonchev–Trinajstić information content (AvgIpc) is 2.92. The second-order valence-electron chi connectivity index (χ2n) is 4.37. The van der Waals surface area contributed by atoms with Crippen LogP contribution in [-0.2, 0) is 13.1 Å². The topological polar surface area (TPSA) is 32.7 Å². The first-order valence-corrected chi connectivity index (χ1v) is 7.18. The van der Waals surface area contributed by atoms with Crippen LogP contribution in [0.1, 0.15) is 10.4 Å². The Hall–Kier alpha value is -1.36. The maximum Gasteiger partial charge on any atom is 0.119 e. The number of ether oxygens (including phenoxy) is 1. The lowest BCUT2D eigenvalue weighted by Gasteiger charge is -2.20. The fraction of sp³-hybridized carbons (Fsp3) is 0.333. The van der Waals surface area contributed by atoms with Crippen LogP contribution in [-0.4, -0.2) is 30.3 Å². The summed E-state index contributed by atoms with van der Waals surface area (Å²) in [6.45, 7) is 2.54. The van der Waals surface area contributed by atoms with Gasteiger partial charge in [0.15, 0.2) is 0 Å². The Morgan fingerprint density at radius 3 is 2.79 bits per heavy atom. The van der Waals surface area contributed by atoms with E-state index in [1.165, 1.54) is 10.4 Å². The molecule has 19 heavy (non-hydrogen) atoms. The second-order valence-corrected chi connectivity index (χ2v) is 5.40. The number of aliphatic hydroxyl groups is 1. The molecular weight excluding hydrogens is 258 g/mol. The highest BCUT2D eigenvalue weighted by Crippen LogP contribution is 2.17. The zero-order valence-electron chi connectivity index (χ0n) is 11.1. The molecule has 0 atom stereocenters. The fourth-order valence-corrected chi connectivity index (χ4v) is 2.75. The van der Waals surface area contributed by atoms with Crippen molar-refractivity contribution in [1.82, 2.24) is 4.90 Å². The summed E-state index contributed by atoms with van der Waals surface area (Å²) in [6, 6.07) is 12.2. The van der Waals surface area contributed by atoms with Gasteiger partial charge in [0.2, 0.25) is 0 Å². The van der Waals surface area contributed by atoms with Gasteiger partial charge < -0.3 is 9.84 Å². The van der Waals surface area contributed by atoms with Gasteiger partial charge in [-0.3, -0.25) is 4.90 Å². The van der Waals surface area contributed by atoms with Gasteiger partial charge in [0, 0.05) is 24.5 Å². The molecular formula is C15H19NO2S. The molecule has 0 aliphatic rings. The zero-order valence-corrected chi connectivity index (χ0v) is 11.9. The third-order valence-corrected chi connectivity index (χ3v) is 3.78. The van der Waals surface area contributed by atoms with Crippen LogP contribution in [0.5, 0.6) is 5.75 Å². The van der Waals surface area contributed by atoms with Crippen molar-refractivity contribution in [3.05, 3.63) is 52.2 Å². The lowest BCUT2D eigenvalue weighted by Crippen LogP contribution is -2.25. The summed E-state index contributed by atoms with van der Waals surface area (Å²) in [5, 5.41) is 11.3. The van der Waals surface area contributed by atoms with E-state index in [-0.39, 0.29) is 6.61 Å². The number of nitrogens with zero attached hydrogens (tertiary/aromatic N) is 1. The van der Waals surface area contributed by atoms with Gasteiger partial charge in [-0.2, -0.15) is 0 Å². The Bertz CT molecular complexity index is 485.